The predicted octanol–water partition coefficient (Wildman–Crippen LogP) is 3.92. The highest BCUT2D eigenvalue weighted by atomic mass is 32.2. The summed E-state index contributed by atoms with van der Waals surface area (Å²) in [7, 11) is 0. The van der Waals surface area contributed by atoms with E-state index in [1.807, 2.05) is 6.08 Å². The minimum Gasteiger partial charge on any atom is -0.278 e. The van der Waals surface area contributed by atoms with E-state index in [0.717, 1.165) is 25.0 Å². The largest absolute Gasteiger partial charge is 0.278 e. The molecule has 0 saturated carbocycles. The molecule has 0 radical (unpaired) electrons. The van der Waals surface area contributed by atoms with E-state index in [0.29, 0.717) is 5.41 Å². The van der Waals surface area contributed by atoms with E-state index in [4.69, 9.17) is 5.14 Å². The molecular formula is C12H23NS. The molecule has 0 aliphatic heterocycles. The lowest BCUT2D eigenvalue weighted by atomic mass is 9.84. The Morgan fingerprint density at radius 3 is 2.64 bits per heavy atom. The molecule has 0 aromatic rings. The zero-order chi connectivity index (χ0) is 10.9. The van der Waals surface area contributed by atoms with Gasteiger partial charge in [0.25, 0.3) is 0 Å². The molecule has 14 heavy (non-hydrogen) atoms. The van der Waals surface area contributed by atoms with Gasteiger partial charge in [-0.25, -0.2) is 0 Å². The average molecular weight is 213 g/mol. The summed E-state index contributed by atoms with van der Waals surface area (Å²) >= 11 is 1.44. The second-order valence-corrected chi connectivity index (χ2v) is 4.65. The van der Waals surface area contributed by atoms with Crippen LogP contribution in [0.2, 0.25) is 0 Å². The molecule has 0 aromatic carbocycles. The third kappa shape index (κ3) is 6.28. The molecule has 0 saturated heterocycles. The Morgan fingerprint density at radius 1 is 1.43 bits per heavy atom. The van der Waals surface area contributed by atoms with Crippen molar-refractivity contribution in [2.24, 2.45) is 10.6 Å². The van der Waals surface area contributed by atoms with Crippen LogP contribution in [0.15, 0.2) is 24.8 Å². The number of hydrogen-bond donors (Lipinski definition) is 1. The van der Waals surface area contributed by atoms with Crippen LogP contribution in [0.1, 0.15) is 39.5 Å². The van der Waals surface area contributed by atoms with Gasteiger partial charge in [-0.15, -0.1) is 6.58 Å². The molecule has 2 N–H and O–H groups in total. The van der Waals surface area contributed by atoms with Crippen molar-refractivity contribution in [1.29, 1.82) is 0 Å². The Hall–Kier alpha value is -0.210. The van der Waals surface area contributed by atoms with Crippen molar-refractivity contribution in [2.75, 3.05) is 5.75 Å². The lowest BCUT2D eigenvalue weighted by Gasteiger charge is -2.26. The molecule has 0 bridgehead atoms. The molecule has 1 nitrogen and oxygen atoms in total. The lowest BCUT2D eigenvalue weighted by Crippen LogP contribution is -2.19. The Balaban J connectivity index is 3.94. The minimum atomic E-state index is 0.319. The van der Waals surface area contributed by atoms with Crippen molar-refractivity contribution in [3.63, 3.8) is 0 Å². The fourth-order valence-corrected chi connectivity index (χ4v) is 2.16. The molecule has 0 aliphatic carbocycles. The van der Waals surface area contributed by atoms with Crippen molar-refractivity contribution < 1.29 is 0 Å². The van der Waals surface area contributed by atoms with E-state index in [2.05, 4.69) is 32.6 Å². The Morgan fingerprint density at radius 2 is 2.14 bits per heavy atom. The van der Waals surface area contributed by atoms with Crippen LogP contribution in [0.25, 0.3) is 0 Å². The van der Waals surface area contributed by atoms with Crippen molar-refractivity contribution in [3.8, 4) is 0 Å². The summed E-state index contributed by atoms with van der Waals surface area (Å²) in [6.45, 7) is 8.25. The van der Waals surface area contributed by atoms with Gasteiger partial charge in [0.1, 0.15) is 0 Å². The predicted molar refractivity (Wildman–Crippen MR) is 68.2 cm³/mol. The summed E-state index contributed by atoms with van der Waals surface area (Å²) in [5.41, 5.74) is 0.319. The van der Waals surface area contributed by atoms with Gasteiger partial charge in [-0.3, -0.25) is 5.14 Å². The highest BCUT2D eigenvalue weighted by Gasteiger charge is 2.21. The van der Waals surface area contributed by atoms with Crippen molar-refractivity contribution >= 4 is 11.9 Å². The van der Waals surface area contributed by atoms with Crippen LogP contribution in [0.4, 0.5) is 0 Å². The van der Waals surface area contributed by atoms with Crippen LogP contribution in [-0.2, 0) is 0 Å². The van der Waals surface area contributed by atoms with Gasteiger partial charge in [0, 0.05) is 5.75 Å². The summed E-state index contributed by atoms with van der Waals surface area (Å²) in [5, 5.41) is 5.54. The van der Waals surface area contributed by atoms with Gasteiger partial charge in [0.2, 0.25) is 0 Å². The summed E-state index contributed by atoms with van der Waals surface area (Å²) in [6, 6.07) is 0. The van der Waals surface area contributed by atoms with E-state index in [9.17, 15) is 0 Å². The molecule has 0 rings (SSSR count). The molecule has 1 atom stereocenters. The summed E-state index contributed by atoms with van der Waals surface area (Å²) in [5.74, 6) is 1.01. The quantitative estimate of drug-likeness (QED) is 0.488. The van der Waals surface area contributed by atoms with Crippen LogP contribution >= 0.6 is 11.9 Å². The van der Waals surface area contributed by atoms with Gasteiger partial charge >= 0.3 is 0 Å². The molecule has 0 aliphatic rings. The molecule has 2 heteroatoms. The SMILES string of the molecule is C=CC[C@](C)(CC/C=C\CC)CSN. The van der Waals surface area contributed by atoms with Crippen LogP contribution in [-0.4, -0.2) is 5.75 Å². The normalized spacial score (nSPS) is 15.6. The fourth-order valence-electron chi connectivity index (χ4n) is 1.50. The van der Waals surface area contributed by atoms with E-state index in [1.165, 1.54) is 18.4 Å². The zero-order valence-corrected chi connectivity index (χ0v) is 10.3. The second kappa shape index (κ2) is 8.13. The standard InChI is InChI=1S/C12H23NS/c1-4-6-7-8-10-12(3,9-5-2)11-14-13/h5-7H,2,4,8-11,13H2,1,3H3/b7-6-/t12-/m1/s1. The van der Waals surface area contributed by atoms with Crippen molar-refractivity contribution in [2.45, 2.75) is 39.5 Å². The maximum atomic E-state index is 5.54. The number of nitrogens with two attached hydrogens (primary N) is 1. The van der Waals surface area contributed by atoms with Crippen molar-refractivity contribution in [3.05, 3.63) is 24.8 Å². The van der Waals surface area contributed by atoms with Crippen LogP contribution in [0, 0.1) is 5.41 Å². The molecule has 0 aromatic heterocycles. The highest BCUT2D eigenvalue weighted by Crippen LogP contribution is 2.30. The molecule has 0 unspecified atom stereocenters. The number of allylic oxidation sites excluding steroid dienone is 3. The average Bonchev–Trinajstić information content (AvgIpc) is 2.13. The number of hydrogen-bond acceptors (Lipinski definition) is 2. The van der Waals surface area contributed by atoms with Crippen molar-refractivity contribution in [1.82, 2.24) is 0 Å². The van der Waals surface area contributed by atoms with Crippen LogP contribution in [0.3, 0.4) is 0 Å². The van der Waals surface area contributed by atoms with Gasteiger partial charge in [-0.05, 0) is 31.1 Å². The Bertz CT molecular complexity index is 177. The summed E-state index contributed by atoms with van der Waals surface area (Å²) in [6.07, 6.45) is 11.0. The Labute approximate surface area is 93.0 Å². The molecular weight excluding hydrogens is 190 g/mol. The molecule has 0 amide bonds. The second-order valence-electron chi connectivity index (χ2n) is 4.03. The number of rotatable bonds is 8. The first-order valence-electron chi connectivity index (χ1n) is 5.26. The van der Waals surface area contributed by atoms with E-state index >= 15 is 0 Å². The fraction of sp³-hybridized carbons (Fsp3) is 0.667. The highest BCUT2D eigenvalue weighted by molar-refractivity contribution is 7.97. The van der Waals surface area contributed by atoms with Gasteiger partial charge in [0.15, 0.2) is 0 Å². The van der Waals surface area contributed by atoms with E-state index in [1.54, 1.807) is 0 Å². The lowest BCUT2D eigenvalue weighted by molar-refractivity contribution is 0.352. The van der Waals surface area contributed by atoms with Gasteiger partial charge in [0.05, 0.1) is 0 Å². The molecule has 0 fully saturated rings. The zero-order valence-electron chi connectivity index (χ0n) is 9.46. The third-order valence-corrected chi connectivity index (χ3v) is 3.25. The summed E-state index contributed by atoms with van der Waals surface area (Å²) < 4.78 is 0. The summed E-state index contributed by atoms with van der Waals surface area (Å²) in [4.78, 5) is 0. The maximum Gasteiger partial charge on any atom is 0.0133 e. The third-order valence-electron chi connectivity index (χ3n) is 2.39. The van der Waals surface area contributed by atoms with Crippen LogP contribution in [0.5, 0.6) is 0 Å². The van der Waals surface area contributed by atoms with E-state index < -0.39 is 0 Å². The molecule has 0 heterocycles. The maximum absolute atomic E-state index is 5.54. The van der Waals surface area contributed by atoms with Gasteiger partial charge in [-0.2, -0.15) is 0 Å². The first kappa shape index (κ1) is 13.8. The van der Waals surface area contributed by atoms with Crippen LogP contribution < -0.4 is 5.14 Å². The molecule has 0 spiro atoms. The van der Waals surface area contributed by atoms with E-state index in [-0.39, 0.29) is 0 Å². The molecule has 82 valence electrons. The van der Waals surface area contributed by atoms with Gasteiger partial charge < -0.3 is 0 Å². The first-order chi connectivity index (χ1) is 6.68. The Kier molecular flexibility index (Phi) is 8.01. The first-order valence-corrected chi connectivity index (χ1v) is 6.31. The smallest absolute Gasteiger partial charge is 0.0133 e. The van der Waals surface area contributed by atoms with Gasteiger partial charge in [-0.1, -0.05) is 44.0 Å². The monoisotopic (exact) mass is 213 g/mol. The topological polar surface area (TPSA) is 26.0 Å². The minimum absolute atomic E-state index is 0.319.